The van der Waals surface area contributed by atoms with Crippen molar-refractivity contribution in [2.75, 3.05) is 13.1 Å². The van der Waals surface area contributed by atoms with Crippen LogP contribution in [-0.4, -0.2) is 29.9 Å². The lowest BCUT2D eigenvalue weighted by molar-refractivity contribution is 0.0678. The van der Waals surface area contributed by atoms with Gasteiger partial charge in [-0.05, 0) is 38.0 Å². The predicted octanol–water partition coefficient (Wildman–Crippen LogP) is 3.49. The number of carbonyl (C=O) groups is 1. The van der Waals surface area contributed by atoms with Gasteiger partial charge in [-0.1, -0.05) is 15.9 Å². The van der Waals surface area contributed by atoms with Crippen molar-refractivity contribution >= 4 is 45.2 Å². The number of aryl methyl sites for hydroxylation is 1. The van der Waals surface area contributed by atoms with Crippen LogP contribution in [0, 0.1) is 6.92 Å². The maximum atomic E-state index is 12.6. The van der Waals surface area contributed by atoms with Crippen LogP contribution in [0.2, 0.25) is 0 Å². The summed E-state index contributed by atoms with van der Waals surface area (Å²) in [5.74, 6) is 0.386. The van der Waals surface area contributed by atoms with Crippen LogP contribution in [0.15, 0.2) is 27.1 Å². The molecule has 2 N–H and O–H groups in total. The number of rotatable bonds is 1. The number of halogens is 2. The highest BCUT2D eigenvalue weighted by atomic mass is 79.9. The molecule has 2 aromatic rings. The fourth-order valence-corrected chi connectivity index (χ4v) is 3.10. The molecule has 1 aliphatic heterocycles. The van der Waals surface area contributed by atoms with Crippen molar-refractivity contribution in [1.29, 1.82) is 0 Å². The third-order valence-corrected chi connectivity index (χ3v) is 4.33. The molecule has 1 amide bonds. The molecule has 3 rings (SSSR count). The van der Waals surface area contributed by atoms with Crippen molar-refractivity contribution < 1.29 is 9.21 Å². The average molecular weight is 374 g/mol. The van der Waals surface area contributed by atoms with E-state index in [1.807, 2.05) is 25.1 Å². The first kappa shape index (κ1) is 16.3. The van der Waals surface area contributed by atoms with Gasteiger partial charge in [-0.2, -0.15) is 0 Å². The molecule has 0 spiro atoms. The van der Waals surface area contributed by atoms with Gasteiger partial charge in [-0.25, -0.2) is 0 Å². The van der Waals surface area contributed by atoms with E-state index in [9.17, 15) is 4.79 Å². The van der Waals surface area contributed by atoms with Gasteiger partial charge in [0, 0.05) is 34.6 Å². The third kappa shape index (κ3) is 3.10. The van der Waals surface area contributed by atoms with Crippen LogP contribution < -0.4 is 5.73 Å². The SMILES string of the molecule is Cc1c(C(=O)N2CCCC(N)C2)oc2ccc(Br)cc12.Cl. The van der Waals surface area contributed by atoms with E-state index in [1.165, 1.54) is 0 Å². The highest BCUT2D eigenvalue weighted by molar-refractivity contribution is 9.10. The normalized spacial score (nSPS) is 18.6. The van der Waals surface area contributed by atoms with E-state index < -0.39 is 0 Å². The predicted molar refractivity (Wildman–Crippen MR) is 89.0 cm³/mol. The van der Waals surface area contributed by atoms with Gasteiger partial charge in [-0.3, -0.25) is 4.79 Å². The number of hydrogen-bond donors (Lipinski definition) is 1. The Bertz CT molecular complexity index is 671. The van der Waals surface area contributed by atoms with Crippen LogP contribution in [0.5, 0.6) is 0 Å². The Kier molecular flexibility index (Phi) is 4.96. The van der Waals surface area contributed by atoms with E-state index in [1.54, 1.807) is 4.90 Å². The smallest absolute Gasteiger partial charge is 0.289 e. The number of piperidine rings is 1. The van der Waals surface area contributed by atoms with Gasteiger partial charge in [0.05, 0.1) is 0 Å². The molecule has 2 heterocycles. The zero-order valence-electron chi connectivity index (χ0n) is 11.8. The van der Waals surface area contributed by atoms with E-state index >= 15 is 0 Å². The summed E-state index contributed by atoms with van der Waals surface area (Å²) >= 11 is 3.44. The minimum Gasteiger partial charge on any atom is -0.451 e. The van der Waals surface area contributed by atoms with Crippen molar-refractivity contribution in [3.8, 4) is 0 Å². The van der Waals surface area contributed by atoms with Gasteiger partial charge >= 0.3 is 0 Å². The summed E-state index contributed by atoms with van der Waals surface area (Å²) < 4.78 is 6.73. The molecule has 6 heteroatoms. The molecule has 0 bridgehead atoms. The Balaban J connectivity index is 0.00000161. The first-order chi connectivity index (χ1) is 9.56. The third-order valence-electron chi connectivity index (χ3n) is 3.84. The summed E-state index contributed by atoms with van der Waals surface area (Å²) in [5.41, 5.74) is 7.58. The molecular weight excluding hydrogens is 356 g/mol. The van der Waals surface area contributed by atoms with Crippen molar-refractivity contribution in [2.24, 2.45) is 5.73 Å². The second-order valence-corrected chi connectivity index (χ2v) is 6.27. The molecule has 21 heavy (non-hydrogen) atoms. The standard InChI is InChI=1S/C15H17BrN2O2.ClH/c1-9-12-7-10(16)4-5-13(12)20-14(9)15(19)18-6-2-3-11(17)8-18;/h4-5,7,11H,2-3,6,8,17H2,1H3;1H. The van der Waals surface area contributed by atoms with Gasteiger partial charge in [-0.15, -0.1) is 12.4 Å². The van der Waals surface area contributed by atoms with Crippen LogP contribution in [-0.2, 0) is 0 Å². The van der Waals surface area contributed by atoms with Crippen molar-refractivity contribution in [2.45, 2.75) is 25.8 Å². The van der Waals surface area contributed by atoms with Crippen LogP contribution >= 0.6 is 28.3 Å². The summed E-state index contributed by atoms with van der Waals surface area (Å²) in [6, 6.07) is 5.85. The monoisotopic (exact) mass is 372 g/mol. The molecule has 1 aromatic carbocycles. The summed E-state index contributed by atoms with van der Waals surface area (Å²) in [6.45, 7) is 3.29. The Labute approximate surface area is 138 Å². The van der Waals surface area contributed by atoms with E-state index in [4.69, 9.17) is 10.2 Å². The average Bonchev–Trinajstić information content (AvgIpc) is 2.75. The first-order valence-electron chi connectivity index (χ1n) is 6.80. The number of likely N-dealkylation sites (tertiary alicyclic amines) is 1. The molecule has 1 fully saturated rings. The van der Waals surface area contributed by atoms with Gasteiger partial charge in [0.15, 0.2) is 5.76 Å². The quantitative estimate of drug-likeness (QED) is 0.832. The zero-order chi connectivity index (χ0) is 14.3. The topological polar surface area (TPSA) is 59.5 Å². The van der Waals surface area contributed by atoms with Gasteiger partial charge in [0.1, 0.15) is 5.58 Å². The lowest BCUT2D eigenvalue weighted by atomic mass is 10.1. The molecule has 0 aliphatic carbocycles. The van der Waals surface area contributed by atoms with Crippen LogP contribution in [0.25, 0.3) is 11.0 Å². The number of benzene rings is 1. The minimum atomic E-state index is -0.0510. The summed E-state index contributed by atoms with van der Waals surface area (Å²) in [4.78, 5) is 14.4. The van der Waals surface area contributed by atoms with Crippen LogP contribution in [0.1, 0.15) is 29.0 Å². The maximum Gasteiger partial charge on any atom is 0.289 e. The lowest BCUT2D eigenvalue weighted by Gasteiger charge is -2.30. The van der Waals surface area contributed by atoms with Crippen molar-refractivity contribution in [3.05, 3.63) is 34.0 Å². The lowest BCUT2D eigenvalue weighted by Crippen LogP contribution is -2.45. The van der Waals surface area contributed by atoms with E-state index in [0.717, 1.165) is 40.4 Å². The number of nitrogens with zero attached hydrogens (tertiary/aromatic N) is 1. The molecule has 4 nitrogen and oxygen atoms in total. The Hall–Kier alpha value is -1.04. The highest BCUT2D eigenvalue weighted by Gasteiger charge is 2.26. The molecular formula is C15H18BrClN2O2. The molecule has 1 unspecified atom stereocenters. The van der Waals surface area contributed by atoms with Gasteiger partial charge in [0.2, 0.25) is 0 Å². The fourth-order valence-electron chi connectivity index (χ4n) is 2.74. The van der Waals surface area contributed by atoms with Crippen molar-refractivity contribution in [3.63, 3.8) is 0 Å². The Morgan fingerprint density at radius 1 is 1.48 bits per heavy atom. The number of fused-ring (bicyclic) bond motifs is 1. The molecule has 114 valence electrons. The Morgan fingerprint density at radius 2 is 2.24 bits per heavy atom. The summed E-state index contributed by atoms with van der Waals surface area (Å²) in [6.07, 6.45) is 1.94. The van der Waals surface area contributed by atoms with E-state index in [0.29, 0.717) is 12.3 Å². The number of furan rings is 1. The van der Waals surface area contributed by atoms with E-state index in [-0.39, 0.29) is 24.4 Å². The molecule has 0 saturated carbocycles. The summed E-state index contributed by atoms with van der Waals surface area (Å²) in [5, 5.41) is 0.976. The molecule has 1 atom stereocenters. The number of carbonyl (C=O) groups excluding carboxylic acids is 1. The second kappa shape index (κ2) is 6.38. The second-order valence-electron chi connectivity index (χ2n) is 5.35. The fraction of sp³-hybridized carbons (Fsp3) is 0.400. The largest absolute Gasteiger partial charge is 0.451 e. The number of hydrogen-bond acceptors (Lipinski definition) is 3. The molecule has 1 saturated heterocycles. The van der Waals surface area contributed by atoms with Crippen LogP contribution in [0.4, 0.5) is 0 Å². The summed E-state index contributed by atoms with van der Waals surface area (Å²) in [7, 11) is 0. The molecule has 1 aliphatic rings. The maximum absolute atomic E-state index is 12.6. The highest BCUT2D eigenvalue weighted by Crippen LogP contribution is 2.29. The molecule has 1 aromatic heterocycles. The number of nitrogens with two attached hydrogens (primary N) is 1. The minimum absolute atomic E-state index is 0. The van der Waals surface area contributed by atoms with Gasteiger partial charge < -0.3 is 15.1 Å². The van der Waals surface area contributed by atoms with Gasteiger partial charge in [0.25, 0.3) is 5.91 Å². The van der Waals surface area contributed by atoms with Crippen molar-refractivity contribution in [1.82, 2.24) is 4.90 Å². The molecule has 0 radical (unpaired) electrons. The number of amides is 1. The van der Waals surface area contributed by atoms with E-state index in [2.05, 4.69) is 15.9 Å². The van der Waals surface area contributed by atoms with Crippen LogP contribution in [0.3, 0.4) is 0 Å². The Morgan fingerprint density at radius 3 is 2.95 bits per heavy atom. The first-order valence-corrected chi connectivity index (χ1v) is 7.59. The zero-order valence-corrected chi connectivity index (χ0v) is 14.2.